The topological polar surface area (TPSA) is 110 Å². The molecule has 5 rings (SSSR count). The molecule has 0 unspecified atom stereocenters. The van der Waals surface area contributed by atoms with Crippen LogP contribution in [0.15, 0.2) is 59.1 Å². The highest BCUT2D eigenvalue weighted by molar-refractivity contribution is 9.10. The number of nitrogens with zero attached hydrogens (tertiary/aromatic N) is 3. The number of anilines is 1. The molecule has 2 aliphatic heterocycles. The summed E-state index contributed by atoms with van der Waals surface area (Å²) in [5.74, 6) is -1.71. The van der Waals surface area contributed by atoms with Gasteiger partial charge < -0.3 is 4.74 Å². The van der Waals surface area contributed by atoms with Crippen LogP contribution in [0.5, 0.6) is 5.75 Å². The first-order valence-corrected chi connectivity index (χ1v) is 11.9. The standard InChI is InChI=1S/C25H17BrClN3O6/c1-12-10-14(27)7-8-17(12)28-21(16-11-13(26)6-9-19(16)36-2)22(25(28)33)29-23(31)15-4-3-5-18(30(34)35)20(15)24(29)32/h3-11,21-22H,1-2H3/t21-,22-/m1/s1. The lowest BCUT2D eigenvalue weighted by Crippen LogP contribution is -2.67. The number of carbonyl (C=O) groups excluding carboxylic acids is 3. The number of β-lactam (4-membered cyclic amide) rings is 1. The molecule has 2 aliphatic rings. The van der Waals surface area contributed by atoms with E-state index in [1.807, 2.05) is 0 Å². The van der Waals surface area contributed by atoms with Crippen LogP contribution in [-0.2, 0) is 4.79 Å². The second-order valence-electron chi connectivity index (χ2n) is 8.35. The van der Waals surface area contributed by atoms with Crippen molar-refractivity contribution >= 4 is 56.6 Å². The molecule has 1 saturated heterocycles. The van der Waals surface area contributed by atoms with Crippen LogP contribution in [0.3, 0.4) is 0 Å². The monoisotopic (exact) mass is 569 g/mol. The summed E-state index contributed by atoms with van der Waals surface area (Å²) in [4.78, 5) is 53.6. The Morgan fingerprint density at radius 3 is 2.42 bits per heavy atom. The fraction of sp³-hybridized carbons (Fsp3) is 0.160. The molecule has 0 radical (unpaired) electrons. The van der Waals surface area contributed by atoms with E-state index in [0.29, 0.717) is 32.1 Å². The summed E-state index contributed by atoms with van der Waals surface area (Å²) in [7, 11) is 1.48. The van der Waals surface area contributed by atoms with Gasteiger partial charge in [0.05, 0.1) is 23.6 Å². The van der Waals surface area contributed by atoms with Gasteiger partial charge in [-0.2, -0.15) is 0 Å². The van der Waals surface area contributed by atoms with Crippen LogP contribution in [0.1, 0.15) is 37.9 Å². The van der Waals surface area contributed by atoms with Crippen LogP contribution in [0.25, 0.3) is 0 Å². The molecule has 3 aromatic rings. The lowest BCUT2D eigenvalue weighted by molar-refractivity contribution is -0.385. The van der Waals surface area contributed by atoms with Crippen molar-refractivity contribution in [3.05, 3.63) is 96.5 Å². The Morgan fingerprint density at radius 1 is 1.00 bits per heavy atom. The summed E-state index contributed by atoms with van der Waals surface area (Å²) in [6.45, 7) is 1.79. The van der Waals surface area contributed by atoms with E-state index in [0.717, 1.165) is 11.0 Å². The Balaban J connectivity index is 1.67. The maximum atomic E-state index is 13.7. The highest BCUT2D eigenvalue weighted by Gasteiger charge is 2.59. The van der Waals surface area contributed by atoms with Crippen LogP contribution < -0.4 is 9.64 Å². The number of nitro groups is 1. The number of carbonyl (C=O) groups is 3. The SMILES string of the molecule is COc1ccc(Br)cc1[C@@H]1[C@@H](N2C(=O)c3cccc([N+](=O)[O-])c3C2=O)C(=O)N1c1ccc(Cl)cc1C. The normalized spacial score (nSPS) is 18.8. The first-order valence-electron chi connectivity index (χ1n) is 10.7. The third kappa shape index (κ3) is 3.48. The van der Waals surface area contributed by atoms with E-state index < -0.39 is 40.4 Å². The van der Waals surface area contributed by atoms with Crippen molar-refractivity contribution in [2.75, 3.05) is 12.0 Å². The predicted molar refractivity (Wildman–Crippen MR) is 134 cm³/mol. The number of ether oxygens (including phenoxy) is 1. The molecule has 0 saturated carbocycles. The van der Waals surface area contributed by atoms with Gasteiger partial charge in [0, 0.05) is 26.8 Å². The van der Waals surface area contributed by atoms with E-state index in [9.17, 15) is 24.5 Å². The number of rotatable bonds is 5. The lowest BCUT2D eigenvalue weighted by atomic mass is 9.85. The number of benzene rings is 3. The fourth-order valence-electron chi connectivity index (χ4n) is 4.82. The molecule has 36 heavy (non-hydrogen) atoms. The average Bonchev–Trinajstić information content (AvgIpc) is 3.09. The number of halogens is 2. The lowest BCUT2D eigenvalue weighted by Gasteiger charge is -2.50. The van der Waals surface area contributed by atoms with Gasteiger partial charge in [-0.25, -0.2) is 0 Å². The van der Waals surface area contributed by atoms with Crippen molar-refractivity contribution in [2.45, 2.75) is 19.0 Å². The van der Waals surface area contributed by atoms with Gasteiger partial charge in [-0.1, -0.05) is 33.6 Å². The molecule has 0 aromatic heterocycles. The summed E-state index contributed by atoms with van der Waals surface area (Å²) >= 11 is 9.56. The zero-order chi connectivity index (χ0) is 25.9. The van der Waals surface area contributed by atoms with E-state index in [-0.39, 0.29) is 11.1 Å². The summed E-state index contributed by atoms with van der Waals surface area (Å²) in [6.07, 6.45) is 0. The van der Waals surface area contributed by atoms with Crippen molar-refractivity contribution in [3.8, 4) is 5.75 Å². The number of methoxy groups -OCH3 is 1. The number of aryl methyl sites for hydroxylation is 1. The highest BCUT2D eigenvalue weighted by Crippen LogP contribution is 2.48. The van der Waals surface area contributed by atoms with E-state index in [2.05, 4.69) is 15.9 Å². The Kier molecular flexibility index (Phi) is 5.80. The average molecular weight is 571 g/mol. The van der Waals surface area contributed by atoms with Gasteiger partial charge in [0.1, 0.15) is 17.4 Å². The largest absolute Gasteiger partial charge is 0.496 e. The van der Waals surface area contributed by atoms with Crippen molar-refractivity contribution in [2.24, 2.45) is 0 Å². The van der Waals surface area contributed by atoms with E-state index in [1.165, 1.54) is 24.1 Å². The van der Waals surface area contributed by atoms with Gasteiger partial charge in [0.2, 0.25) is 0 Å². The summed E-state index contributed by atoms with van der Waals surface area (Å²) in [6, 6.07) is 12.1. The van der Waals surface area contributed by atoms with Crippen LogP contribution in [0.2, 0.25) is 5.02 Å². The molecule has 3 amide bonds. The van der Waals surface area contributed by atoms with Crippen molar-refractivity contribution < 1.29 is 24.0 Å². The Labute approximate surface area is 218 Å². The summed E-state index contributed by atoms with van der Waals surface area (Å²) in [5.41, 5.74) is 0.907. The molecule has 0 N–H and O–H groups in total. The molecule has 3 aromatic carbocycles. The van der Waals surface area contributed by atoms with Crippen molar-refractivity contribution in [1.29, 1.82) is 0 Å². The maximum absolute atomic E-state index is 13.7. The molecule has 0 bridgehead atoms. The smallest absolute Gasteiger partial charge is 0.282 e. The maximum Gasteiger partial charge on any atom is 0.282 e. The Bertz CT molecular complexity index is 1490. The molecule has 2 heterocycles. The minimum absolute atomic E-state index is 0.108. The summed E-state index contributed by atoms with van der Waals surface area (Å²) in [5, 5.41) is 12.1. The van der Waals surface area contributed by atoms with Gasteiger partial charge >= 0.3 is 0 Å². The number of nitro benzene ring substituents is 1. The predicted octanol–water partition coefficient (Wildman–Crippen LogP) is 5.08. The highest BCUT2D eigenvalue weighted by atomic mass is 79.9. The number of hydrogen-bond acceptors (Lipinski definition) is 6. The number of fused-ring (bicyclic) bond motifs is 1. The van der Waals surface area contributed by atoms with Crippen molar-refractivity contribution in [3.63, 3.8) is 0 Å². The minimum Gasteiger partial charge on any atom is -0.496 e. The van der Waals surface area contributed by atoms with Crippen molar-refractivity contribution in [1.82, 2.24) is 4.90 Å². The molecule has 0 aliphatic carbocycles. The number of hydrogen-bond donors (Lipinski definition) is 0. The van der Waals surface area contributed by atoms with Gasteiger partial charge in [-0.15, -0.1) is 0 Å². The van der Waals surface area contributed by atoms with Gasteiger partial charge in [-0.05, 0) is 55.0 Å². The van der Waals surface area contributed by atoms with Crippen LogP contribution in [0.4, 0.5) is 11.4 Å². The molecule has 182 valence electrons. The Morgan fingerprint density at radius 2 is 1.75 bits per heavy atom. The summed E-state index contributed by atoms with van der Waals surface area (Å²) < 4.78 is 6.24. The van der Waals surface area contributed by atoms with Gasteiger partial charge in [0.25, 0.3) is 23.4 Å². The third-order valence-corrected chi connectivity index (χ3v) is 7.12. The number of imide groups is 1. The minimum atomic E-state index is -1.24. The fourth-order valence-corrected chi connectivity index (χ4v) is 5.42. The third-order valence-electron chi connectivity index (χ3n) is 6.40. The second-order valence-corrected chi connectivity index (χ2v) is 9.70. The first-order chi connectivity index (χ1) is 17.1. The quantitative estimate of drug-likeness (QED) is 0.183. The second kappa shape index (κ2) is 8.72. The van der Waals surface area contributed by atoms with E-state index in [1.54, 1.807) is 43.3 Å². The van der Waals surface area contributed by atoms with E-state index in [4.69, 9.17) is 16.3 Å². The van der Waals surface area contributed by atoms with Crippen LogP contribution in [0, 0.1) is 17.0 Å². The van der Waals surface area contributed by atoms with Crippen LogP contribution in [-0.4, -0.2) is 40.7 Å². The molecular weight excluding hydrogens is 554 g/mol. The molecule has 1 fully saturated rings. The van der Waals surface area contributed by atoms with Crippen LogP contribution >= 0.6 is 27.5 Å². The molecule has 11 heteroatoms. The van der Waals surface area contributed by atoms with Gasteiger partial charge in [0.15, 0.2) is 0 Å². The van der Waals surface area contributed by atoms with E-state index >= 15 is 0 Å². The molecule has 9 nitrogen and oxygen atoms in total. The number of amides is 3. The molecule has 2 atom stereocenters. The van der Waals surface area contributed by atoms with Gasteiger partial charge in [-0.3, -0.25) is 34.3 Å². The first kappa shape index (κ1) is 24.0. The zero-order valence-electron chi connectivity index (χ0n) is 18.9. The molecular formula is C25H17BrClN3O6. The molecule has 0 spiro atoms. The zero-order valence-corrected chi connectivity index (χ0v) is 21.2. The Hall–Kier alpha value is -3.76.